The first kappa shape index (κ1) is 46.6. The maximum Gasteiger partial charge on any atom is 0.238 e. The van der Waals surface area contributed by atoms with Gasteiger partial charge in [0.25, 0.3) is 0 Å². The third kappa shape index (κ3) is 14.0. The molecule has 0 radical (unpaired) electrons. The molecule has 4 atom stereocenters. The van der Waals surface area contributed by atoms with Gasteiger partial charge in [-0.3, -0.25) is 19.4 Å². The fourth-order valence-corrected chi connectivity index (χ4v) is 9.63. The molecule has 10 heteroatoms. The second-order valence-electron chi connectivity index (χ2n) is 13.1. The summed E-state index contributed by atoms with van der Waals surface area (Å²) in [6.45, 7) is 0. The molecule has 2 fully saturated rings. The molecule has 2 saturated heterocycles. The van der Waals surface area contributed by atoms with Crippen LogP contribution in [-0.2, 0) is 14.4 Å². The van der Waals surface area contributed by atoms with E-state index in [-0.39, 0.29) is 47.1 Å². The smallest absolute Gasteiger partial charge is 0.238 e. The Bertz CT molecular complexity index is 2060. The van der Waals surface area contributed by atoms with Crippen molar-refractivity contribution in [2.75, 3.05) is 26.9 Å². The Morgan fingerprint density at radius 1 is 0.559 bits per heavy atom. The summed E-state index contributed by atoms with van der Waals surface area (Å²) in [6.07, 6.45) is 1.83. The third-order valence-electron chi connectivity index (χ3n) is 9.06. The molecule has 2 aliphatic heterocycles. The topological polar surface area (TPSA) is 70.1 Å². The second-order valence-corrected chi connectivity index (χ2v) is 17.0. The van der Waals surface area contributed by atoms with Gasteiger partial charge >= 0.3 is 0 Å². The summed E-state index contributed by atoms with van der Waals surface area (Å²) in [5, 5.41) is -0.316. The molecule has 0 saturated carbocycles. The summed E-state index contributed by atoms with van der Waals surface area (Å²) in [4.78, 5) is 45.4. The Balaban J connectivity index is 0.000000181. The van der Waals surface area contributed by atoms with Gasteiger partial charge in [0, 0.05) is 42.0 Å². The second kappa shape index (κ2) is 24.8. The molecule has 59 heavy (non-hydrogen) atoms. The van der Waals surface area contributed by atoms with Crippen molar-refractivity contribution < 1.29 is 14.4 Å². The number of β-lactam (4-membered cyclic amide) rings is 2. The number of hydrogen-bond acceptors (Lipinski definition) is 7. The van der Waals surface area contributed by atoms with Crippen LogP contribution >= 0.6 is 46.9 Å². The van der Waals surface area contributed by atoms with Crippen molar-refractivity contribution >= 4 is 70.2 Å². The molecule has 2 heterocycles. The number of halogens is 1. The molecule has 8 rings (SSSR count). The zero-order valence-corrected chi connectivity index (χ0v) is 35.8. The van der Waals surface area contributed by atoms with Crippen molar-refractivity contribution in [1.29, 1.82) is 0 Å². The van der Waals surface area contributed by atoms with Gasteiger partial charge < -0.3 is 9.80 Å². The van der Waals surface area contributed by atoms with Gasteiger partial charge in [-0.1, -0.05) is 153 Å². The molecule has 0 aromatic heterocycles. The lowest BCUT2D eigenvalue weighted by Gasteiger charge is -2.44. The number of likely N-dealkylation sites (tertiary alicyclic amines) is 2. The monoisotopic (exact) mass is 859 g/mol. The Kier molecular flexibility index (Phi) is 19.6. The number of thioether (sulfide) groups is 3. The summed E-state index contributed by atoms with van der Waals surface area (Å²) in [7, 11) is 5.52. The molecule has 0 bridgehead atoms. The molecule has 2 aliphatic rings. The number of aliphatic imine (C=N–C) groups is 1. The highest BCUT2D eigenvalue weighted by atomic mass is 35.5. The molecule has 0 N–H and O–H groups in total. The zero-order chi connectivity index (χ0) is 41.1. The van der Waals surface area contributed by atoms with E-state index in [2.05, 4.69) is 53.5 Å². The minimum atomic E-state index is -0.307. The summed E-state index contributed by atoms with van der Waals surface area (Å²) >= 11 is 9.92. The van der Waals surface area contributed by atoms with E-state index in [0.717, 1.165) is 20.2 Å². The highest BCUT2D eigenvalue weighted by molar-refractivity contribution is 8.01. The predicted octanol–water partition coefficient (Wildman–Crippen LogP) is 11.6. The maximum atomic E-state index is 12.1. The van der Waals surface area contributed by atoms with Crippen molar-refractivity contribution in [2.45, 2.75) is 44.7 Å². The zero-order valence-electron chi connectivity index (χ0n) is 32.6. The minimum Gasteiger partial charge on any atom is -0.336 e. The highest BCUT2D eigenvalue weighted by Gasteiger charge is 2.47. The summed E-state index contributed by atoms with van der Waals surface area (Å²) < 4.78 is 0. The van der Waals surface area contributed by atoms with E-state index in [1.165, 1.54) is 22.9 Å². The first-order valence-electron chi connectivity index (χ1n) is 18.7. The fraction of sp³-hybridized carbons (Fsp3) is 0.184. The number of hydrogen-bond donors (Lipinski definition) is 0. The quantitative estimate of drug-likeness (QED) is 0.0591. The molecular weight excluding hydrogens is 810 g/mol. The van der Waals surface area contributed by atoms with E-state index in [9.17, 15) is 14.4 Å². The number of amides is 2. The van der Waals surface area contributed by atoms with Crippen molar-refractivity contribution in [3.05, 3.63) is 199 Å². The van der Waals surface area contributed by atoms with Gasteiger partial charge in [0.15, 0.2) is 0 Å². The van der Waals surface area contributed by atoms with Crippen LogP contribution in [0.3, 0.4) is 0 Å². The van der Waals surface area contributed by atoms with E-state index in [1.54, 1.807) is 30.6 Å². The van der Waals surface area contributed by atoms with Crippen molar-refractivity contribution in [1.82, 2.24) is 9.80 Å². The summed E-state index contributed by atoms with van der Waals surface area (Å²) in [5.74, 6) is 0.761. The maximum absolute atomic E-state index is 12.1. The first-order valence-corrected chi connectivity index (χ1v) is 21.8. The van der Waals surface area contributed by atoms with E-state index >= 15 is 0 Å². The normalized spacial score (nSPS) is 17.6. The van der Waals surface area contributed by atoms with Crippen molar-refractivity contribution in [2.24, 2.45) is 4.99 Å². The largest absolute Gasteiger partial charge is 0.336 e. The molecule has 6 nitrogen and oxygen atoms in total. The highest BCUT2D eigenvalue weighted by Crippen LogP contribution is 2.44. The molecule has 0 aliphatic carbocycles. The lowest BCUT2D eigenvalue weighted by molar-refractivity contribution is -0.143. The number of carbonyl (C=O) groups excluding carboxylic acids is 3. The fourth-order valence-electron chi connectivity index (χ4n) is 6.15. The van der Waals surface area contributed by atoms with Crippen LogP contribution in [-0.4, -0.2) is 70.5 Å². The van der Waals surface area contributed by atoms with Gasteiger partial charge in [-0.15, -0.1) is 35.3 Å². The summed E-state index contributed by atoms with van der Waals surface area (Å²) in [6, 6.07) is 60.8. The Morgan fingerprint density at radius 3 is 1.22 bits per heavy atom. The van der Waals surface area contributed by atoms with Gasteiger partial charge in [0.05, 0.1) is 17.8 Å². The molecule has 304 valence electrons. The molecule has 6 aromatic rings. The predicted molar refractivity (Wildman–Crippen MR) is 251 cm³/mol. The number of benzene rings is 6. The molecule has 0 unspecified atom stereocenters. The molecular formula is C49H50ClN3O3S3. The van der Waals surface area contributed by atoms with Gasteiger partial charge in [-0.2, -0.15) is 0 Å². The van der Waals surface area contributed by atoms with E-state index in [4.69, 9.17) is 11.6 Å². The van der Waals surface area contributed by atoms with Crippen LogP contribution in [0.2, 0.25) is 0 Å². The standard InChI is InChI=1S/2C16H15NOS.C8H7ClOS.C8H9N.CH4/c2*1-17-14(12-8-4-2-5-9-12)15(16(17)18)19-13-10-6-3-7-11-13;9-8(10)6-11-7-4-2-1-3-5-7;1-9-7-8-5-3-2-4-6-8;/h2*2-11,14-15H,1H3;1-5H,6H2;2-7H,1H3;1H4/t14-,15+;14-,15-;;;/m00.../s1. The van der Waals surface area contributed by atoms with Crippen LogP contribution in [0.4, 0.5) is 0 Å². The number of nitrogens with zero attached hydrogens (tertiary/aromatic N) is 3. The number of rotatable bonds is 10. The van der Waals surface area contributed by atoms with Gasteiger partial charge in [-0.25, -0.2) is 0 Å². The lowest BCUT2D eigenvalue weighted by Crippen LogP contribution is -2.54. The van der Waals surface area contributed by atoms with E-state index in [1.807, 2.05) is 164 Å². The SMILES string of the molecule is C.CN1C(=O)[C@@H](Sc2ccccc2)[C@@H]1c1ccccc1.CN1C(=O)[C@H](Sc2ccccc2)[C@@H]1c1ccccc1.CN=Cc1ccccc1.O=C(Cl)CSc1ccccc1. The van der Waals surface area contributed by atoms with Crippen LogP contribution in [0.15, 0.2) is 202 Å². The third-order valence-corrected chi connectivity index (χ3v) is 12.9. The molecule has 2 amide bonds. The van der Waals surface area contributed by atoms with Crippen LogP contribution in [0.5, 0.6) is 0 Å². The molecule has 0 spiro atoms. The van der Waals surface area contributed by atoms with Gasteiger partial charge in [0.2, 0.25) is 17.1 Å². The van der Waals surface area contributed by atoms with E-state index < -0.39 is 0 Å². The van der Waals surface area contributed by atoms with Crippen LogP contribution < -0.4 is 0 Å². The van der Waals surface area contributed by atoms with Crippen LogP contribution in [0, 0.1) is 0 Å². The van der Waals surface area contributed by atoms with E-state index in [0.29, 0.717) is 5.75 Å². The average Bonchev–Trinajstić information content (AvgIpc) is 3.28. The van der Waals surface area contributed by atoms with Gasteiger partial charge in [-0.05, 0) is 64.7 Å². The van der Waals surface area contributed by atoms with Gasteiger partial charge in [0.1, 0.15) is 10.5 Å². The van der Waals surface area contributed by atoms with Crippen LogP contribution in [0.1, 0.15) is 36.2 Å². The lowest BCUT2D eigenvalue weighted by atomic mass is 9.94. The molecule has 6 aromatic carbocycles. The van der Waals surface area contributed by atoms with Crippen LogP contribution in [0.25, 0.3) is 0 Å². The Morgan fingerprint density at radius 2 is 0.881 bits per heavy atom. The summed E-state index contributed by atoms with van der Waals surface area (Å²) in [5.41, 5.74) is 3.57. The Labute approximate surface area is 367 Å². The van der Waals surface area contributed by atoms with Crippen molar-refractivity contribution in [3.8, 4) is 0 Å². The first-order chi connectivity index (χ1) is 28.3. The average molecular weight is 861 g/mol. The van der Waals surface area contributed by atoms with Crippen molar-refractivity contribution in [3.63, 3.8) is 0 Å². The Hall–Kier alpha value is -5.06. The minimum absolute atomic E-state index is 0. The number of carbonyl (C=O) groups is 3.